The lowest BCUT2D eigenvalue weighted by molar-refractivity contribution is -0.136. The third kappa shape index (κ3) is 4.15. The summed E-state index contributed by atoms with van der Waals surface area (Å²) in [6.07, 6.45) is 2.98. The highest BCUT2D eigenvalue weighted by molar-refractivity contribution is 6.32. The number of hydrogen-bond donors (Lipinski definition) is 1. The maximum atomic E-state index is 12.1. The molecule has 1 aliphatic rings. The topological polar surface area (TPSA) is 71.5 Å². The predicted octanol–water partition coefficient (Wildman–Crippen LogP) is 1.10. The second-order valence-electron chi connectivity index (χ2n) is 4.90. The summed E-state index contributed by atoms with van der Waals surface area (Å²) in [6, 6.07) is 3.36. The summed E-state index contributed by atoms with van der Waals surface area (Å²) in [6.45, 7) is 1.34. The van der Waals surface area contributed by atoms with Crippen LogP contribution in [0.3, 0.4) is 0 Å². The van der Waals surface area contributed by atoms with Gasteiger partial charge in [0.1, 0.15) is 11.8 Å². The van der Waals surface area contributed by atoms with Crippen LogP contribution in [-0.2, 0) is 9.53 Å². The standard InChI is InChI=1S/C14H18ClN3O3/c1-21-9-12(19)18-7-4-10(5-8-18)17-14(20)11-3-2-6-16-13(11)15/h2-3,6,10H,4-5,7-9H2,1H3,(H,17,20). The lowest BCUT2D eigenvalue weighted by atomic mass is 10.0. The summed E-state index contributed by atoms with van der Waals surface area (Å²) < 4.78 is 4.84. The fourth-order valence-electron chi connectivity index (χ4n) is 2.31. The van der Waals surface area contributed by atoms with Gasteiger partial charge in [0.25, 0.3) is 5.91 Å². The molecular formula is C14H18ClN3O3. The molecule has 1 aliphatic heterocycles. The van der Waals surface area contributed by atoms with Crippen molar-refractivity contribution in [2.45, 2.75) is 18.9 Å². The average molecular weight is 312 g/mol. The highest BCUT2D eigenvalue weighted by Crippen LogP contribution is 2.14. The number of carbonyl (C=O) groups excluding carboxylic acids is 2. The molecule has 0 radical (unpaired) electrons. The molecule has 114 valence electrons. The van der Waals surface area contributed by atoms with Crippen LogP contribution < -0.4 is 5.32 Å². The van der Waals surface area contributed by atoms with Gasteiger partial charge in [0, 0.05) is 32.4 Å². The van der Waals surface area contributed by atoms with Gasteiger partial charge >= 0.3 is 0 Å². The van der Waals surface area contributed by atoms with Gasteiger partial charge in [0.2, 0.25) is 5.91 Å². The molecule has 2 heterocycles. The minimum Gasteiger partial charge on any atom is -0.375 e. The van der Waals surface area contributed by atoms with Crippen LogP contribution in [0.1, 0.15) is 23.2 Å². The number of nitrogens with one attached hydrogen (secondary N) is 1. The normalized spacial score (nSPS) is 15.8. The lowest BCUT2D eigenvalue weighted by Crippen LogP contribution is -2.47. The van der Waals surface area contributed by atoms with E-state index < -0.39 is 0 Å². The van der Waals surface area contributed by atoms with Gasteiger partial charge in [-0.2, -0.15) is 0 Å². The first-order valence-corrected chi connectivity index (χ1v) is 7.17. The van der Waals surface area contributed by atoms with Gasteiger partial charge in [-0.25, -0.2) is 4.98 Å². The monoisotopic (exact) mass is 311 g/mol. The molecule has 0 atom stereocenters. The third-order valence-corrected chi connectivity index (χ3v) is 3.76. The number of ether oxygens (including phenoxy) is 1. The number of rotatable bonds is 4. The number of amides is 2. The summed E-state index contributed by atoms with van der Waals surface area (Å²) in [5.41, 5.74) is 0.372. The molecule has 1 N–H and O–H groups in total. The molecule has 2 rings (SSSR count). The summed E-state index contributed by atoms with van der Waals surface area (Å²) in [4.78, 5) is 29.4. The molecule has 0 spiro atoms. The molecule has 21 heavy (non-hydrogen) atoms. The second-order valence-corrected chi connectivity index (χ2v) is 5.26. The van der Waals surface area contributed by atoms with Crippen LogP contribution in [0.2, 0.25) is 5.15 Å². The maximum Gasteiger partial charge on any atom is 0.254 e. The van der Waals surface area contributed by atoms with Crippen molar-refractivity contribution in [1.29, 1.82) is 0 Å². The highest BCUT2D eigenvalue weighted by Gasteiger charge is 2.24. The fraction of sp³-hybridized carbons (Fsp3) is 0.500. The number of piperidine rings is 1. The largest absolute Gasteiger partial charge is 0.375 e. The van der Waals surface area contributed by atoms with E-state index in [1.54, 1.807) is 23.2 Å². The molecule has 0 saturated carbocycles. The van der Waals surface area contributed by atoms with Crippen molar-refractivity contribution in [2.24, 2.45) is 0 Å². The maximum absolute atomic E-state index is 12.1. The molecular weight excluding hydrogens is 294 g/mol. The van der Waals surface area contributed by atoms with Crippen LogP contribution >= 0.6 is 11.6 Å². The van der Waals surface area contributed by atoms with Crippen molar-refractivity contribution in [3.63, 3.8) is 0 Å². The number of nitrogens with zero attached hydrogens (tertiary/aromatic N) is 2. The second kappa shape index (κ2) is 7.38. The van der Waals surface area contributed by atoms with Crippen molar-refractivity contribution in [3.8, 4) is 0 Å². The van der Waals surface area contributed by atoms with E-state index in [0.29, 0.717) is 18.7 Å². The Bertz CT molecular complexity index is 516. The van der Waals surface area contributed by atoms with Gasteiger partial charge in [-0.1, -0.05) is 11.6 Å². The Morgan fingerprint density at radius 2 is 2.19 bits per heavy atom. The fourth-order valence-corrected chi connectivity index (χ4v) is 2.51. The Balaban J connectivity index is 1.85. The molecule has 1 saturated heterocycles. The van der Waals surface area contributed by atoms with Gasteiger partial charge in [0.05, 0.1) is 5.56 Å². The van der Waals surface area contributed by atoms with Crippen molar-refractivity contribution in [2.75, 3.05) is 26.8 Å². The van der Waals surface area contributed by atoms with Crippen LogP contribution in [0.4, 0.5) is 0 Å². The smallest absolute Gasteiger partial charge is 0.254 e. The number of hydrogen-bond acceptors (Lipinski definition) is 4. The quantitative estimate of drug-likeness (QED) is 0.845. The molecule has 0 bridgehead atoms. The number of pyridine rings is 1. The van der Waals surface area contributed by atoms with Gasteiger partial charge < -0.3 is 15.0 Å². The zero-order chi connectivity index (χ0) is 15.2. The van der Waals surface area contributed by atoms with E-state index in [4.69, 9.17) is 16.3 Å². The molecule has 0 unspecified atom stereocenters. The zero-order valence-electron chi connectivity index (χ0n) is 11.8. The van der Waals surface area contributed by atoms with Crippen LogP contribution in [0.5, 0.6) is 0 Å². The van der Waals surface area contributed by atoms with E-state index in [2.05, 4.69) is 10.3 Å². The number of carbonyl (C=O) groups is 2. The molecule has 0 aromatic carbocycles. The van der Waals surface area contributed by atoms with Crippen LogP contribution in [0.25, 0.3) is 0 Å². The molecule has 1 fully saturated rings. The summed E-state index contributed by atoms with van der Waals surface area (Å²) in [7, 11) is 1.50. The Kier molecular flexibility index (Phi) is 5.52. The van der Waals surface area contributed by atoms with Crippen LogP contribution in [0.15, 0.2) is 18.3 Å². The molecule has 6 nitrogen and oxygen atoms in total. The van der Waals surface area contributed by atoms with Crippen molar-refractivity contribution in [3.05, 3.63) is 29.0 Å². The molecule has 2 amide bonds. The summed E-state index contributed by atoms with van der Waals surface area (Å²) in [5, 5.41) is 3.13. The number of aromatic nitrogens is 1. The van der Waals surface area contributed by atoms with E-state index in [0.717, 1.165) is 12.8 Å². The van der Waals surface area contributed by atoms with Crippen LogP contribution in [0, 0.1) is 0 Å². The number of halogens is 1. The van der Waals surface area contributed by atoms with Crippen molar-refractivity contribution < 1.29 is 14.3 Å². The van der Waals surface area contributed by atoms with E-state index in [1.165, 1.54) is 7.11 Å². The van der Waals surface area contributed by atoms with Gasteiger partial charge in [-0.05, 0) is 25.0 Å². The third-order valence-electron chi connectivity index (χ3n) is 3.45. The van der Waals surface area contributed by atoms with E-state index in [1.807, 2.05) is 0 Å². The molecule has 1 aromatic rings. The minimum atomic E-state index is -0.227. The first-order valence-electron chi connectivity index (χ1n) is 6.80. The first-order chi connectivity index (χ1) is 10.1. The molecule has 0 aliphatic carbocycles. The van der Waals surface area contributed by atoms with Crippen LogP contribution in [-0.4, -0.2) is 54.5 Å². The predicted molar refractivity (Wildman–Crippen MR) is 78.2 cm³/mol. The van der Waals surface area contributed by atoms with Crippen molar-refractivity contribution in [1.82, 2.24) is 15.2 Å². The van der Waals surface area contributed by atoms with Gasteiger partial charge in [0.15, 0.2) is 0 Å². The Morgan fingerprint density at radius 3 is 2.81 bits per heavy atom. The zero-order valence-corrected chi connectivity index (χ0v) is 12.6. The number of likely N-dealkylation sites (tertiary alicyclic amines) is 1. The lowest BCUT2D eigenvalue weighted by Gasteiger charge is -2.32. The minimum absolute atomic E-state index is 0.0161. The Labute approximate surface area is 128 Å². The summed E-state index contributed by atoms with van der Waals surface area (Å²) in [5.74, 6) is -0.243. The first kappa shape index (κ1) is 15.7. The van der Waals surface area contributed by atoms with E-state index >= 15 is 0 Å². The SMILES string of the molecule is COCC(=O)N1CCC(NC(=O)c2cccnc2Cl)CC1. The average Bonchev–Trinajstić information content (AvgIpc) is 2.48. The molecule has 1 aromatic heterocycles. The molecule has 7 heteroatoms. The Hall–Kier alpha value is -1.66. The summed E-state index contributed by atoms with van der Waals surface area (Å²) >= 11 is 5.90. The number of methoxy groups -OCH3 is 1. The van der Waals surface area contributed by atoms with Crippen molar-refractivity contribution >= 4 is 23.4 Å². The van der Waals surface area contributed by atoms with Gasteiger partial charge in [-0.3, -0.25) is 9.59 Å². The highest BCUT2D eigenvalue weighted by atomic mass is 35.5. The Morgan fingerprint density at radius 1 is 1.48 bits per heavy atom. The van der Waals surface area contributed by atoms with Gasteiger partial charge in [-0.15, -0.1) is 0 Å². The van der Waals surface area contributed by atoms with E-state index in [9.17, 15) is 9.59 Å². The van der Waals surface area contributed by atoms with E-state index in [-0.39, 0.29) is 29.6 Å².